The Morgan fingerprint density at radius 3 is 2.57 bits per heavy atom. The van der Waals surface area contributed by atoms with Crippen molar-refractivity contribution in [2.24, 2.45) is 11.1 Å². The van der Waals surface area contributed by atoms with Crippen molar-refractivity contribution in [3.8, 4) is 0 Å². The molecular formula is C12H18FN. The van der Waals surface area contributed by atoms with Crippen molar-refractivity contribution in [1.29, 1.82) is 0 Å². The number of rotatable bonds is 3. The molecule has 0 aliphatic rings. The lowest BCUT2D eigenvalue weighted by Gasteiger charge is -2.23. The van der Waals surface area contributed by atoms with E-state index in [2.05, 4.69) is 13.8 Å². The molecule has 14 heavy (non-hydrogen) atoms. The fraction of sp³-hybridized carbons (Fsp3) is 0.500. The van der Waals surface area contributed by atoms with Crippen molar-refractivity contribution in [1.82, 2.24) is 0 Å². The van der Waals surface area contributed by atoms with Gasteiger partial charge >= 0.3 is 0 Å². The number of benzene rings is 1. The summed E-state index contributed by atoms with van der Waals surface area (Å²) in [7, 11) is 0. The molecule has 0 aromatic heterocycles. The number of halogens is 1. The van der Waals surface area contributed by atoms with Gasteiger partial charge in [-0.1, -0.05) is 26.0 Å². The van der Waals surface area contributed by atoms with Crippen molar-refractivity contribution in [3.05, 3.63) is 35.1 Å². The van der Waals surface area contributed by atoms with Crippen LogP contribution in [0.5, 0.6) is 0 Å². The van der Waals surface area contributed by atoms with Crippen LogP contribution in [0.15, 0.2) is 18.2 Å². The molecule has 2 N–H and O–H groups in total. The Hall–Kier alpha value is -0.890. The normalized spacial score (nSPS) is 11.8. The Kier molecular flexibility index (Phi) is 3.27. The highest BCUT2D eigenvalue weighted by Crippen LogP contribution is 2.23. The SMILES string of the molecule is Cc1c(F)cccc1CC(C)(C)CN. The van der Waals surface area contributed by atoms with Crippen LogP contribution in [0.4, 0.5) is 4.39 Å². The van der Waals surface area contributed by atoms with Crippen LogP contribution < -0.4 is 5.73 Å². The summed E-state index contributed by atoms with van der Waals surface area (Å²) in [5.74, 6) is -0.129. The molecule has 0 saturated carbocycles. The molecule has 0 spiro atoms. The summed E-state index contributed by atoms with van der Waals surface area (Å²) in [6, 6.07) is 5.22. The third-order valence-corrected chi connectivity index (χ3v) is 2.60. The predicted molar refractivity (Wildman–Crippen MR) is 57.7 cm³/mol. The van der Waals surface area contributed by atoms with Crippen molar-refractivity contribution < 1.29 is 4.39 Å². The maximum Gasteiger partial charge on any atom is 0.126 e. The minimum absolute atomic E-state index is 0.0402. The number of hydrogen-bond acceptors (Lipinski definition) is 1. The molecule has 0 amide bonds. The first-order valence-corrected chi connectivity index (χ1v) is 4.90. The first kappa shape index (κ1) is 11.2. The van der Waals surface area contributed by atoms with Gasteiger partial charge in [-0.3, -0.25) is 0 Å². The van der Waals surface area contributed by atoms with Crippen LogP contribution in [-0.2, 0) is 6.42 Å². The Labute approximate surface area is 85.1 Å². The van der Waals surface area contributed by atoms with Crippen molar-refractivity contribution in [2.75, 3.05) is 6.54 Å². The molecule has 0 heterocycles. The zero-order chi connectivity index (χ0) is 10.8. The van der Waals surface area contributed by atoms with Gasteiger partial charge in [0.05, 0.1) is 0 Å². The molecule has 0 unspecified atom stereocenters. The molecular weight excluding hydrogens is 177 g/mol. The van der Waals surface area contributed by atoms with Gasteiger partial charge in [-0.15, -0.1) is 0 Å². The van der Waals surface area contributed by atoms with E-state index in [1.807, 2.05) is 13.0 Å². The predicted octanol–water partition coefficient (Wildman–Crippen LogP) is 2.66. The second-order valence-electron chi connectivity index (χ2n) is 4.57. The average Bonchev–Trinajstić information content (AvgIpc) is 2.13. The van der Waals surface area contributed by atoms with Crippen LogP contribution in [0, 0.1) is 18.2 Å². The zero-order valence-corrected chi connectivity index (χ0v) is 9.10. The molecule has 0 aliphatic carbocycles. The Morgan fingerprint density at radius 1 is 1.36 bits per heavy atom. The van der Waals surface area contributed by atoms with Gasteiger partial charge in [0, 0.05) is 0 Å². The van der Waals surface area contributed by atoms with E-state index < -0.39 is 0 Å². The summed E-state index contributed by atoms with van der Waals surface area (Å²) < 4.78 is 13.2. The van der Waals surface area contributed by atoms with Crippen molar-refractivity contribution >= 4 is 0 Å². The average molecular weight is 195 g/mol. The van der Waals surface area contributed by atoms with Gasteiger partial charge in [0.1, 0.15) is 5.82 Å². The third-order valence-electron chi connectivity index (χ3n) is 2.60. The van der Waals surface area contributed by atoms with Crippen LogP contribution in [0.1, 0.15) is 25.0 Å². The molecule has 0 radical (unpaired) electrons. The summed E-state index contributed by atoms with van der Waals surface area (Å²) in [5, 5.41) is 0. The summed E-state index contributed by atoms with van der Waals surface area (Å²) >= 11 is 0. The summed E-state index contributed by atoms with van der Waals surface area (Å²) in [5.41, 5.74) is 7.49. The minimum atomic E-state index is -0.129. The highest BCUT2D eigenvalue weighted by Gasteiger charge is 2.17. The Balaban J connectivity index is 2.92. The van der Waals surface area contributed by atoms with Gasteiger partial charge in [0.25, 0.3) is 0 Å². The summed E-state index contributed by atoms with van der Waals surface area (Å²) in [6.45, 7) is 6.62. The number of nitrogens with two attached hydrogens (primary N) is 1. The van der Waals surface area contributed by atoms with E-state index in [9.17, 15) is 4.39 Å². The second-order valence-corrected chi connectivity index (χ2v) is 4.57. The molecule has 0 saturated heterocycles. The van der Waals surface area contributed by atoms with Crippen LogP contribution in [0.3, 0.4) is 0 Å². The standard InChI is InChI=1S/C12H18FN/c1-9-10(5-4-6-11(9)13)7-12(2,3)8-14/h4-6H,7-8,14H2,1-3H3. The lowest BCUT2D eigenvalue weighted by Crippen LogP contribution is -2.26. The van der Waals surface area contributed by atoms with E-state index in [0.717, 1.165) is 17.5 Å². The monoisotopic (exact) mass is 195 g/mol. The van der Waals surface area contributed by atoms with Gasteiger partial charge in [-0.25, -0.2) is 4.39 Å². The van der Waals surface area contributed by atoms with Gasteiger partial charge < -0.3 is 5.73 Å². The Bertz CT molecular complexity index is 318. The maximum absolute atomic E-state index is 13.2. The zero-order valence-electron chi connectivity index (χ0n) is 9.10. The molecule has 0 aliphatic heterocycles. The number of hydrogen-bond donors (Lipinski definition) is 1. The van der Waals surface area contributed by atoms with E-state index in [4.69, 9.17) is 5.73 Å². The smallest absolute Gasteiger partial charge is 0.126 e. The van der Waals surface area contributed by atoms with Gasteiger partial charge in [0.2, 0.25) is 0 Å². The fourth-order valence-corrected chi connectivity index (χ4v) is 1.43. The molecule has 2 heteroatoms. The first-order valence-electron chi connectivity index (χ1n) is 4.90. The van der Waals surface area contributed by atoms with E-state index in [0.29, 0.717) is 6.54 Å². The van der Waals surface area contributed by atoms with Gasteiger partial charge in [0.15, 0.2) is 0 Å². The first-order chi connectivity index (χ1) is 6.46. The quantitative estimate of drug-likeness (QED) is 0.788. The van der Waals surface area contributed by atoms with Crippen LogP contribution >= 0.6 is 0 Å². The minimum Gasteiger partial charge on any atom is -0.330 e. The van der Waals surface area contributed by atoms with Crippen molar-refractivity contribution in [3.63, 3.8) is 0 Å². The molecule has 0 bridgehead atoms. The van der Waals surface area contributed by atoms with E-state index in [-0.39, 0.29) is 11.2 Å². The Morgan fingerprint density at radius 2 is 2.00 bits per heavy atom. The summed E-state index contributed by atoms with van der Waals surface area (Å²) in [6.07, 6.45) is 0.826. The fourth-order valence-electron chi connectivity index (χ4n) is 1.43. The molecule has 1 rings (SSSR count). The van der Waals surface area contributed by atoms with Crippen LogP contribution in [-0.4, -0.2) is 6.54 Å². The van der Waals surface area contributed by atoms with Crippen LogP contribution in [0.2, 0.25) is 0 Å². The van der Waals surface area contributed by atoms with Crippen molar-refractivity contribution in [2.45, 2.75) is 27.2 Å². The molecule has 78 valence electrons. The lowest BCUT2D eigenvalue weighted by molar-refractivity contribution is 0.375. The second kappa shape index (κ2) is 4.09. The molecule has 1 aromatic carbocycles. The molecule has 1 nitrogen and oxygen atoms in total. The maximum atomic E-state index is 13.2. The largest absolute Gasteiger partial charge is 0.330 e. The van der Waals surface area contributed by atoms with Crippen LogP contribution in [0.25, 0.3) is 0 Å². The van der Waals surface area contributed by atoms with E-state index >= 15 is 0 Å². The molecule has 0 fully saturated rings. The topological polar surface area (TPSA) is 26.0 Å². The summed E-state index contributed by atoms with van der Waals surface area (Å²) in [4.78, 5) is 0. The highest BCUT2D eigenvalue weighted by atomic mass is 19.1. The third kappa shape index (κ3) is 2.55. The van der Waals surface area contributed by atoms with E-state index in [1.54, 1.807) is 6.07 Å². The van der Waals surface area contributed by atoms with Gasteiger partial charge in [-0.05, 0) is 42.5 Å². The molecule has 0 atom stereocenters. The van der Waals surface area contributed by atoms with Gasteiger partial charge in [-0.2, -0.15) is 0 Å². The lowest BCUT2D eigenvalue weighted by atomic mass is 9.84. The molecule has 1 aromatic rings. The highest BCUT2D eigenvalue weighted by molar-refractivity contribution is 5.28. The van der Waals surface area contributed by atoms with E-state index in [1.165, 1.54) is 6.07 Å².